The number of urea groups is 1. The lowest BCUT2D eigenvalue weighted by molar-refractivity contribution is -0.138. The normalized spacial score (nSPS) is 17.7. The number of nitrogens with zero attached hydrogens (tertiary/aromatic N) is 2. The summed E-state index contributed by atoms with van der Waals surface area (Å²) in [6.45, 7) is 1.49. The van der Waals surface area contributed by atoms with Crippen LogP contribution in [-0.2, 0) is 21.7 Å². The Morgan fingerprint density at radius 2 is 1.62 bits per heavy atom. The molecule has 9 heteroatoms. The van der Waals surface area contributed by atoms with Crippen LogP contribution in [0.5, 0.6) is 17.2 Å². The number of amides is 4. The van der Waals surface area contributed by atoms with E-state index < -0.39 is 17.5 Å². The number of carbonyl (C=O) groups excluding carboxylic acids is 3. The maximum atomic E-state index is 13.1. The molecule has 0 aromatic heterocycles. The van der Waals surface area contributed by atoms with Gasteiger partial charge in [0.05, 0.1) is 21.3 Å². The Morgan fingerprint density at radius 3 is 2.22 bits per heavy atom. The van der Waals surface area contributed by atoms with E-state index in [1.54, 1.807) is 70.7 Å². The van der Waals surface area contributed by atoms with E-state index in [1.165, 1.54) is 12.0 Å². The van der Waals surface area contributed by atoms with Gasteiger partial charge < -0.3 is 24.4 Å². The van der Waals surface area contributed by atoms with E-state index in [0.29, 0.717) is 22.8 Å². The molecule has 3 rings (SSSR count). The molecule has 4 amide bonds. The van der Waals surface area contributed by atoms with Crippen molar-refractivity contribution in [1.29, 1.82) is 0 Å². The van der Waals surface area contributed by atoms with Crippen molar-refractivity contribution in [3.8, 4) is 17.2 Å². The van der Waals surface area contributed by atoms with Gasteiger partial charge in [-0.25, -0.2) is 4.79 Å². The molecule has 0 aliphatic carbocycles. The highest BCUT2D eigenvalue weighted by Crippen LogP contribution is 2.30. The lowest BCUT2D eigenvalue weighted by Crippen LogP contribution is -2.43. The van der Waals surface area contributed by atoms with Crippen LogP contribution < -0.4 is 19.5 Å². The number of hydrogen-bond donors (Lipinski definition) is 1. The molecule has 0 bridgehead atoms. The van der Waals surface area contributed by atoms with Crippen LogP contribution in [0.2, 0.25) is 0 Å². The molecule has 0 unspecified atom stereocenters. The monoisotopic (exact) mass is 441 g/mol. The number of hydrogen-bond acceptors (Lipinski definition) is 6. The highest BCUT2D eigenvalue weighted by molar-refractivity contribution is 6.09. The van der Waals surface area contributed by atoms with Gasteiger partial charge in [-0.3, -0.25) is 14.5 Å². The summed E-state index contributed by atoms with van der Waals surface area (Å²) in [5.74, 6) is 0.973. The Bertz CT molecular complexity index is 1020. The number of likely N-dealkylation sites (N-methyl/N-ethyl adjacent to an activating group) is 1. The SMILES string of the molecule is COc1ccc([C@]2(C)NC(=O)N(CC(=O)N(C)Cc3ccc(OC)cc3OC)C2=O)cc1. The third kappa shape index (κ3) is 4.32. The van der Waals surface area contributed by atoms with E-state index in [0.717, 1.165) is 10.5 Å². The van der Waals surface area contributed by atoms with Crippen LogP contribution in [0.15, 0.2) is 42.5 Å². The van der Waals surface area contributed by atoms with Gasteiger partial charge in [-0.2, -0.15) is 0 Å². The van der Waals surface area contributed by atoms with Gasteiger partial charge >= 0.3 is 6.03 Å². The molecule has 2 aromatic carbocycles. The molecule has 170 valence electrons. The number of ether oxygens (including phenoxy) is 3. The molecule has 2 aromatic rings. The minimum Gasteiger partial charge on any atom is -0.497 e. The quantitative estimate of drug-likeness (QED) is 0.631. The number of nitrogens with one attached hydrogen (secondary N) is 1. The number of methoxy groups -OCH3 is 3. The molecule has 9 nitrogen and oxygen atoms in total. The average Bonchev–Trinajstić information content (AvgIpc) is 3.02. The summed E-state index contributed by atoms with van der Waals surface area (Å²) in [5.41, 5.74) is 0.105. The molecule has 0 spiro atoms. The fraction of sp³-hybridized carbons (Fsp3) is 0.348. The molecular formula is C23H27N3O6. The van der Waals surface area contributed by atoms with Crippen molar-refractivity contribution in [3.05, 3.63) is 53.6 Å². The van der Waals surface area contributed by atoms with Crippen LogP contribution in [0.4, 0.5) is 4.79 Å². The zero-order valence-corrected chi connectivity index (χ0v) is 18.8. The largest absolute Gasteiger partial charge is 0.497 e. The Balaban J connectivity index is 1.71. The van der Waals surface area contributed by atoms with Gasteiger partial charge in [0.1, 0.15) is 29.3 Å². The fourth-order valence-corrected chi connectivity index (χ4v) is 3.54. The molecule has 1 atom stereocenters. The first-order valence-corrected chi connectivity index (χ1v) is 9.97. The van der Waals surface area contributed by atoms with E-state index >= 15 is 0 Å². The van der Waals surface area contributed by atoms with Crippen LogP contribution >= 0.6 is 0 Å². The van der Waals surface area contributed by atoms with Crippen molar-refractivity contribution < 1.29 is 28.6 Å². The zero-order chi connectivity index (χ0) is 23.5. The molecular weight excluding hydrogens is 414 g/mol. The topological polar surface area (TPSA) is 97.4 Å². The molecule has 0 saturated carbocycles. The zero-order valence-electron chi connectivity index (χ0n) is 18.8. The number of benzene rings is 2. The van der Waals surface area contributed by atoms with E-state index in [-0.39, 0.29) is 19.0 Å². The highest BCUT2D eigenvalue weighted by atomic mass is 16.5. The predicted octanol–water partition coefficient (Wildman–Crippen LogP) is 2.14. The summed E-state index contributed by atoms with van der Waals surface area (Å²) < 4.78 is 15.7. The highest BCUT2D eigenvalue weighted by Gasteiger charge is 2.49. The second kappa shape index (κ2) is 9.17. The summed E-state index contributed by atoms with van der Waals surface area (Å²) in [4.78, 5) is 40.8. The van der Waals surface area contributed by atoms with Gasteiger partial charge in [0.25, 0.3) is 5.91 Å². The third-order valence-corrected chi connectivity index (χ3v) is 5.56. The Labute approximate surface area is 186 Å². The summed E-state index contributed by atoms with van der Waals surface area (Å²) in [6.07, 6.45) is 0. The average molecular weight is 441 g/mol. The van der Waals surface area contributed by atoms with Gasteiger partial charge in [0.2, 0.25) is 5.91 Å². The van der Waals surface area contributed by atoms with E-state index in [9.17, 15) is 14.4 Å². The molecule has 32 heavy (non-hydrogen) atoms. The van der Waals surface area contributed by atoms with Gasteiger partial charge in [0, 0.05) is 25.2 Å². The van der Waals surface area contributed by atoms with Gasteiger partial charge in [-0.15, -0.1) is 0 Å². The molecule has 0 radical (unpaired) electrons. The first kappa shape index (κ1) is 22.9. The fourth-order valence-electron chi connectivity index (χ4n) is 3.54. The minimum absolute atomic E-state index is 0.241. The van der Waals surface area contributed by atoms with Crippen LogP contribution in [0.3, 0.4) is 0 Å². The van der Waals surface area contributed by atoms with E-state index in [2.05, 4.69) is 5.32 Å². The Kier molecular flexibility index (Phi) is 6.57. The summed E-state index contributed by atoms with van der Waals surface area (Å²) >= 11 is 0. The van der Waals surface area contributed by atoms with E-state index in [1.807, 2.05) is 0 Å². The summed E-state index contributed by atoms with van der Waals surface area (Å²) in [5, 5.41) is 2.70. The predicted molar refractivity (Wildman–Crippen MR) is 117 cm³/mol. The molecule has 1 heterocycles. The molecule has 1 saturated heterocycles. The second-order valence-corrected chi connectivity index (χ2v) is 7.60. The number of imide groups is 1. The first-order valence-electron chi connectivity index (χ1n) is 9.97. The lowest BCUT2D eigenvalue weighted by Gasteiger charge is -2.24. The van der Waals surface area contributed by atoms with Crippen molar-refractivity contribution in [3.63, 3.8) is 0 Å². The molecule has 1 aliphatic heterocycles. The Morgan fingerprint density at radius 1 is 1.00 bits per heavy atom. The summed E-state index contributed by atoms with van der Waals surface area (Å²) in [6, 6.07) is 11.5. The minimum atomic E-state index is -1.26. The number of carbonyl (C=O) groups is 3. The van der Waals surface area contributed by atoms with Gasteiger partial charge in [-0.1, -0.05) is 12.1 Å². The van der Waals surface area contributed by atoms with Gasteiger partial charge in [-0.05, 0) is 36.8 Å². The Hall–Kier alpha value is -3.75. The van der Waals surface area contributed by atoms with Crippen LogP contribution in [-0.4, -0.2) is 62.6 Å². The van der Waals surface area contributed by atoms with E-state index in [4.69, 9.17) is 14.2 Å². The van der Waals surface area contributed by atoms with Crippen LogP contribution in [0.25, 0.3) is 0 Å². The molecule has 1 fully saturated rings. The maximum Gasteiger partial charge on any atom is 0.325 e. The molecule has 1 N–H and O–H groups in total. The van der Waals surface area contributed by atoms with Crippen molar-refractivity contribution in [2.75, 3.05) is 34.9 Å². The smallest absolute Gasteiger partial charge is 0.325 e. The maximum absolute atomic E-state index is 13.1. The van der Waals surface area contributed by atoms with Crippen LogP contribution in [0.1, 0.15) is 18.1 Å². The second-order valence-electron chi connectivity index (χ2n) is 7.60. The number of rotatable bonds is 8. The van der Waals surface area contributed by atoms with Crippen molar-refractivity contribution >= 4 is 17.8 Å². The standard InChI is InChI=1S/C23H27N3O6/c1-23(16-7-10-17(30-3)11-8-16)21(28)26(22(29)24-23)14-20(27)25(2)13-15-6-9-18(31-4)12-19(15)32-5/h6-12H,13-14H2,1-5H3,(H,24,29)/t23-/m0/s1. The third-order valence-electron chi connectivity index (χ3n) is 5.56. The van der Waals surface area contributed by atoms with Gasteiger partial charge in [0.15, 0.2) is 0 Å². The van der Waals surface area contributed by atoms with Crippen LogP contribution in [0, 0.1) is 0 Å². The first-order chi connectivity index (χ1) is 15.2. The van der Waals surface area contributed by atoms with Crippen molar-refractivity contribution in [1.82, 2.24) is 15.1 Å². The van der Waals surface area contributed by atoms with Crippen molar-refractivity contribution in [2.45, 2.75) is 19.0 Å². The summed E-state index contributed by atoms with van der Waals surface area (Å²) in [7, 11) is 6.24. The van der Waals surface area contributed by atoms with Crippen molar-refractivity contribution in [2.24, 2.45) is 0 Å². The lowest BCUT2D eigenvalue weighted by atomic mass is 9.92. The molecule has 1 aliphatic rings.